The van der Waals surface area contributed by atoms with E-state index >= 15 is 0 Å². The molecule has 0 aliphatic heterocycles. The minimum absolute atomic E-state index is 0.140. The third kappa shape index (κ3) is 8.26. The van der Waals surface area contributed by atoms with Crippen LogP contribution in [0.2, 0.25) is 0 Å². The summed E-state index contributed by atoms with van der Waals surface area (Å²) in [5, 5.41) is 15.9. The maximum absolute atomic E-state index is 12.4. The molecule has 4 atom stereocenters. The van der Waals surface area contributed by atoms with Crippen LogP contribution in [0.1, 0.15) is 32.4 Å². The molecule has 9 N–H and O–H groups in total. The highest BCUT2D eigenvalue weighted by molar-refractivity contribution is 5.94. The van der Waals surface area contributed by atoms with Gasteiger partial charge in [0.2, 0.25) is 23.6 Å². The lowest BCUT2D eigenvalue weighted by molar-refractivity contribution is -0.142. The predicted molar refractivity (Wildman–Crippen MR) is 103 cm³/mol. The quantitative estimate of drug-likeness (QED) is 0.184. The summed E-state index contributed by atoms with van der Waals surface area (Å²) < 4.78 is 0. The fraction of sp³-hybridized carbons (Fsp3) is 0.529. The molecule has 13 nitrogen and oxygen atoms in total. The van der Waals surface area contributed by atoms with E-state index in [0.717, 1.165) is 0 Å². The van der Waals surface area contributed by atoms with E-state index in [1.165, 1.54) is 26.4 Å². The number of rotatable bonds is 12. The predicted octanol–water partition coefficient (Wildman–Crippen LogP) is -2.88. The number of hydrogen-bond acceptors (Lipinski definition) is 7. The summed E-state index contributed by atoms with van der Waals surface area (Å²) in [5.41, 5.74) is 11.5. The van der Waals surface area contributed by atoms with Gasteiger partial charge in [-0.05, 0) is 20.3 Å². The van der Waals surface area contributed by atoms with Crippen LogP contribution in [0.25, 0.3) is 0 Å². The van der Waals surface area contributed by atoms with Crippen molar-refractivity contribution in [3.63, 3.8) is 0 Å². The van der Waals surface area contributed by atoms with Crippen LogP contribution in [-0.4, -0.2) is 68.8 Å². The van der Waals surface area contributed by atoms with Crippen molar-refractivity contribution in [1.29, 1.82) is 0 Å². The maximum atomic E-state index is 12.4. The Morgan fingerprint density at radius 3 is 2.23 bits per heavy atom. The Kier molecular flexibility index (Phi) is 9.42. The number of aromatic nitrogens is 2. The summed E-state index contributed by atoms with van der Waals surface area (Å²) in [6, 6.07) is -4.41. The second-order valence-corrected chi connectivity index (χ2v) is 6.75. The van der Waals surface area contributed by atoms with Gasteiger partial charge in [0.15, 0.2) is 0 Å². The van der Waals surface area contributed by atoms with Gasteiger partial charge < -0.3 is 37.5 Å². The number of nitrogens with two attached hydrogens (primary N) is 2. The first kappa shape index (κ1) is 24.6. The van der Waals surface area contributed by atoms with E-state index in [1.54, 1.807) is 0 Å². The highest BCUT2D eigenvalue weighted by Gasteiger charge is 2.27. The minimum Gasteiger partial charge on any atom is -0.480 e. The third-order valence-electron chi connectivity index (χ3n) is 4.13. The molecule has 0 fully saturated rings. The molecule has 0 radical (unpaired) electrons. The molecule has 0 aromatic carbocycles. The van der Waals surface area contributed by atoms with E-state index in [-0.39, 0.29) is 19.3 Å². The number of nitrogens with zero attached hydrogens (tertiary/aromatic N) is 1. The van der Waals surface area contributed by atoms with Crippen LogP contribution in [0.5, 0.6) is 0 Å². The Hall–Kier alpha value is -3.48. The van der Waals surface area contributed by atoms with E-state index in [0.29, 0.717) is 5.69 Å². The number of hydrogen-bond donors (Lipinski definition) is 7. The number of aliphatic carboxylic acids is 1. The fourth-order valence-electron chi connectivity index (χ4n) is 2.34. The number of carboxylic acids is 1. The van der Waals surface area contributed by atoms with Crippen LogP contribution in [0.4, 0.5) is 0 Å². The molecule has 30 heavy (non-hydrogen) atoms. The molecule has 1 heterocycles. The number of amides is 4. The zero-order valence-corrected chi connectivity index (χ0v) is 16.7. The number of imidazole rings is 1. The van der Waals surface area contributed by atoms with Gasteiger partial charge in [-0.2, -0.15) is 0 Å². The van der Waals surface area contributed by atoms with E-state index in [9.17, 15) is 24.0 Å². The normalized spacial score (nSPS) is 14.6. The molecule has 0 saturated heterocycles. The van der Waals surface area contributed by atoms with Crippen molar-refractivity contribution < 1.29 is 29.1 Å². The molecule has 0 aliphatic rings. The molecule has 0 aliphatic carbocycles. The lowest BCUT2D eigenvalue weighted by Crippen LogP contribution is -2.56. The zero-order chi connectivity index (χ0) is 22.8. The van der Waals surface area contributed by atoms with Gasteiger partial charge in [0, 0.05) is 24.7 Å². The Morgan fingerprint density at radius 1 is 1.07 bits per heavy atom. The van der Waals surface area contributed by atoms with Crippen LogP contribution in [-0.2, 0) is 30.4 Å². The monoisotopic (exact) mass is 425 g/mol. The van der Waals surface area contributed by atoms with Gasteiger partial charge in [0.1, 0.15) is 18.1 Å². The summed E-state index contributed by atoms with van der Waals surface area (Å²) in [7, 11) is 0. The van der Waals surface area contributed by atoms with Crippen molar-refractivity contribution in [3.05, 3.63) is 18.2 Å². The first-order chi connectivity index (χ1) is 14.0. The number of carbonyl (C=O) groups is 5. The molecule has 0 bridgehead atoms. The van der Waals surface area contributed by atoms with E-state index < -0.39 is 53.8 Å². The summed E-state index contributed by atoms with van der Waals surface area (Å²) in [4.78, 5) is 65.4. The molecule has 13 heteroatoms. The molecule has 0 spiro atoms. The number of carbonyl (C=O) groups excluding carboxylic acids is 4. The summed E-state index contributed by atoms with van der Waals surface area (Å²) >= 11 is 0. The molecular formula is C17H27N7O6. The number of nitrogens with one attached hydrogen (secondary N) is 4. The van der Waals surface area contributed by atoms with Gasteiger partial charge in [0.05, 0.1) is 12.4 Å². The third-order valence-corrected chi connectivity index (χ3v) is 4.13. The van der Waals surface area contributed by atoms with Gasteiger partial charge in [-0.3, -0.25) is 24.0 Å². The van der Waals surface area contributed by atoms with Crippen LogP contribution in [0, 0.1) is 0 Å². The lowest BCUT2D eigenvalue weighted by Gasteiger charge is -2.22. The van der Waals surface area contributed by atoms with E-state index in [4.69, 9.17) is 16.6 Å². The second kappa shape index (κ2) is 11.5. The Labute approximate surface area is 172 Å². The molecule has 1 rings (SSSR count). The van der Waals surface area contributed by atoms with Crippen molar-refractivity contribution in [3.8, 4) is 0 Å². The summed E-state index contributed by atoms with van der Waals surface area (Å²) in [6.45, 7) is 2.64. The Balaban J connectivity index is 2.68. The average Bonchev–Trinajstić information content (AvgIpc) is 3.17. The molecule has 4 unspecified atom stereocenters. The Bertz CT molecular complexity index is 767. The zero-order valence-electron chi connectivity index (χ0n) is 16.7. The van der Waals surface area contributed by atoms with E-state index in [2.05, 4.69) is 25.9 Å². The van der Waals surface area contributed by atoms with Crippen molar-refractivity contribution in [1.82, 2.24) is 25.9 Å². The van der Waals surface area contributed by atoms with Crippen molar-refractivity contribution in [2.75, 3.05) is 0 Å². The topological polar surface area (TPSA) is 222 Å². The van der Waals surface area contributed by atoms with Crippen LogP contribution >= 0.6 is 0 Å². The van der Waals surface area contributed by atoms with Gasteiger partial charge in [0.25, 0.3) is 0 Å². The van der Waals surface area contributed by atoms with Crippen molar-refractivity contribution >= 4 is 29.6 Å². The maximum Gasteiger partial charge on any atom is 0.325 e. The minimum atomic E-state index is -1.27. The van der Waals surface area contributed by atoms with Gasteiger partial charge in [-0.1, -0.05) is 0 Å². The standard InChI is InChI=1S/C17H27N7O6/c1-8(22-15(27)11(18)5-10-6-20-7-21-10)14(26)24-12(3-4-13(19)25)16(28)23-9(2)17(29)30/h6-9,11-12H,3-5,18H2,1-2H3,(H2,19,25)(H,20,21)(H,22,27)(H,23,28)(H,24,26)(H,29,30). The summed E-state index contributed by atoms with van der Waals surface area (Å²) in [5.74, 6) is -4.07. The highest BCUT2D eigenvalue weighted by Crippen LogP contribution is 2.01. The van der Waals surface area contributed by atoms with Gasteiger partial charge in [-0.25, -0.2) is 4.98 Å². The number of primary amides is 1. The van der Waals surface area contributed by atoms with Gasteiger partial charge >= 0.3 is 5.97 Å². The molecule has 1 aromatic rings. The smallest absolute Gasteiger partial charge is 0.325 e. The Morgan fingerprint density at radius 2 is 1.70 bits per heavy atom. The van der Waals surface area contributed by atoms with Gasteiger partial charge in [-0.15, -0.1) is 0 Å². The van der Waals surface area contributed by atoms with Crippen LogP contribution in [0.3, 0.4) is 0 Å². The molecule has 166 valence electrons. The number of aromatic amines is 1. The molecule has 1 aromatic heterocycles. The first-order valence-electron chi connectivity index (χ1n) is 9.16. The van der Waals surface area contributed by atoms with Crippen LogP contribution in [0.15, 0.2) is 12.5 Å². The second-order valence-electron chi connectivity index (χ2n) is 6.75. The van der Waals surface area contributed by atoms with Crippen molar-refractivity contribution in [2.24, 2.45) is 11.5 Å². The van der Waals surface area contributed by atoms with Crippen LogP contribution < -0.4 is 27.4 Å². The average molecular weight is 425 g/mol. The molecule has 0 saturated carbocycles. The molecule has 4 amide bonds. The first-order valence-corrected chi connectivity index (χ1v) is 9.16. The van der Waals surface area contributed by atoms with E-state index in [1.807, 2.05) is 0 Å². The SMILES string of the molecule is CC(NC(=O)C(CCC(N)=O)NC(=O)C(C)NC(=O)C(N)Cc1cnc[nH]1)C(=O)O. The fourth-order valence-corrected chi connectivity index (χ4v) is 2.34. The number of H-pyrrole nitrogens is 1. The molecular weight excluding hydrogens is 398 g/mol. The number of carboxylic acid groups (broad SMARTS) is 1. The highest BCUT2D eigenvalue weighted by atomic mass is 16.4. The summed E-state index contributed by atoms with van der Waals surface area (Å²) in [6.07, 6.45) is 2.79. The van der Waals surface area contributed by atoms with Crippen molar-refractivity contribution in [2.45, 2.75) is 57.3 Å². The largest absolute Gasteiger partial charge is 0.480 e. The lowest BCUT2D eigenvalue weighted by atomic mass is 10.1.